The van der Waals surface area contributed by atoms with Gasteiger partial charge in [0.15, 0.2) is 0 Å². The summed E-state index contributed by atoms with van der Waals surface area (Å²) < 4.78 is 0. The lowest BCUT2D eigenvalue weighted by atomic mass is 10.1. The smallest absolute Gasteiger partial charge is 0.226 e. The van der Waals surface area contributed by atoms with Gasteiger partial charge >= 0.3 is 0 Å². The summed E-state index contributed by atoms with van der Waals surface area (Å²) in [5.41, 5.74) is 5.46. The first-order valence-electron chi connectivity index (χ1n) is 4.75. The van der Waals surface area contributed by atoms with Gasteiger partial charge in [-0.3, -0.25) is 4.79 Å². The highest BCUT2D eigenvalue weighted by molar-refractivity contribution is 7.99. The molecule has 0 radical (unpaired) electrons. The monoisotopic (exact) mass is 202 g/mol. The maximum atomic E-state index is 11.7. The molecule has 76 valence electrons. The molecule has 1 rings (SSSR count). The van der Waals surface area contributed by atoms with Gasteiger partial charge in [0, 0.05) is 36.6 Å². The summed E-state index contributed by atoms with van der Waals surface area (Å²) in [6.07, 6.45) is 0. The van der Waals surface area contributed by atoms with Gasteiger partial charge in [0.25, 0.3) is 0 Å². The molecule has 1 amide bonds. The number of hydrogen-bond acceptors (Lipinski definition) is 3. The van der Waals surface area contributed by atoms with Gasteiger partial charge in [0.2, 0.25) is 5.91 Å². The minimum absolute atomic E-state index is 0.0182. The van der Waals surface area contributed by atoms with E-state index < -0.39 is 0 Å². The van der Waals surface area contributed by atoms with Gasteiger partial charge in [-0.25, -0.2) is 0 Å². The number of carbonyl (C=O) groups is 1. The predicted molar refractivity (Wildman–Crippen MR) is 56.7 cm³/mol. The summed E-state index contributed by atoms with van der Waals surface area (Å²) in [7, 11) is 0. The van der Waals surface area contributed by atoms with E-state index in [2.05, 4.69) is 6.92 Å². The first-order chi connectivity index (χ1) is 6.15. The van der Waals surface area contributed by atoms with Crippen LogP contribution in [0.3, 0.4) is 0 Å². The van der Waals surface area contributed by atoms with E-state index in [0.717, 1.165) is 18.8 Å². The highest BCUT2D eigenvalue weighted by atomic mass is 32.2. The van der Waals surface area contributed by atoms with Gasteiger partial charge in [-0.05, 0) is 0 Å². The quantitative estimate of drug-likeness (QED) is 0.711. The van der Waals surface area contributed by atoms with E-state index >= 15 is 0 Å². The normalized spacial score (nSPS) is 25.8. The van der Waals surface area contributed by atoms with Crippen LogP contribution in [0.15, 0.2) is 0 Å². The highest BCUT2D eigenvalue weighted by Gasteiger charge is 2.24. The lowest BCUT2D eigenvalue weighted by molar-refractivity contribution is -0.134. The summed E-state index contributed by atoms with van der Waals surface area (Å²) >= 11 is 1.93. The Morgan fingerprint density at radius 2 is 2.46 bits per heavy atom. The number of carbonyl (C=O) groups excluding carboxylic acids is 1. The van der Waals surface area contributed by atoms with Crippen molar-refractivity contribution in [2.75, 3.05) is 25.4 Å². The average Bonchev–Trinajstić information content (AvgIpc) is 2.15. The van der Waals surface area contributed by atoms with Crippen molar-refractivity contribution in [1.29, 1.82) is 0 Å². The maximum Gasteiger partial charge on any atom is 0.226 e. The van der Waals surface area contributed by atoms with E-state index in [9.17, 15) is 4.79 Å². The molecular weight excluding hydrogens is 184 g/mol. The summed E-state index contributed by atoms with van der Waals surface area (Å²) in [5.74, 6) is 1.26. The van der Waals surface area contributed by atoms with E-state index in [-0.39, 0.29) is 11.8 Å². The van der Waals surface area contributed by atoms with Crippen molar-refractivity contribution in [3.05, 3.63) is 0 Å². The van der Waals surface area contributed by atoms with Crippen LogP contribution in [-0.2, 0) is 4.79 Å². The lowest BCUT2D eigenvalue weighted by Crippen LogP contribution is -2.44. The van der Waals surface area contributed by atoms with Gasteiger partial charge in [-0.2, -0.15) is 11.8 Å². The number of nitrogens with zero attached hydrogens (tertiary/aromatic N) is 1. The third kappa shape index (κ3) is 2.88. The molecule has 2 unspecified atom stereocenters. The van der Waals surface area contributed by atoms with Crippen molar-refractivity contribution in [3.8, 4) is 0 Å². The number of thioether (sulfide) groups is 1. The zero-order valence-electron chi connectivity index (χ0n) is 8.32. The van der Waals surface area contributed by atoms with Crippen molar-refractivity contribution >= 4 is 17.7 Å². The van der Waals surface area contributed by atoms with Crippen molar-refractivity contribution in [1.82, 2.24) is 4.90 Å². The van der Waals surface area contributed by atoms with Gasteiger partial charge in [0.1, 0.15) is 0 Å². The fraction of sp³-hybridized carbons (Fsp3) is 0.889. The molecule has 2 N–H and O–H groups in total. The third-order valence-corrected chi connectivity index (χ3v) is 3.46. The van der Waals surface area contributed by atoms with Gasteiger partial charge in [-0.1, -0.05) is 13.8 Å². The first-order valence-corrected chi connectivity index (χ1v) is 5.80. The molecule has 1 aliphatic rings. The van der Waals surface area contributed by atoms with Crippen molar-refractivity contribution < 1.29 is 4.79 Å². The van der Waals surface area contributed by atoms with Gasteiger partial charge in [-0.15, -0.1) is 0 Å². The van der Waals surface area contributed by atoms with Crippen LogP contribution in [0.5, 0.6) is 0 Å². The molecule has 3 nitrogen and oxygen atoms in total. The van der Waals surface area contributed by atoms with E-state index in [0.29, 0.717) is 11.8 Å². The Kier molecular flexibility index (Phi) is 4.06. The van der Waals surface area contributed by atoms with Crippen LogP contribution in [-0.4, -0.2) is 41.4 Å². The topological polar surface area (TPSA) is 46.3 Å². The molecule has 0 aliphatic carbocycles. The molecule has 2 atom stereocenters. The Morgan fingerprint density at radius 3 is 3.00 bits per heavy atom. The second-order valence-corrected chi connectivity index (χ2v) is 5.15. The average molecular weight is 202 g/mol. The fourth-order valence-corrected chi connectivity index (χ4v) is 2.44. The molecule has 0 aromatic carbocycles. The van der Waals surface area contributed by atoms with Crippen molar-refractivity contribution in [3.63, 3.8) is 0 Å². The first kappa shape index (κ1) is 10.9. The SMILES string of the molecule is CC1CN(C(=O)C(C)CN)CCS1. The largest absolute Gasteiger partial charge is 0.341 e. The van der Waals surface area contributed by atoms with Crippen molar-refractivity contribution in [2.45, 2.75) is 19.1 Å². The third-order valence-electron chi connectivity index (χ3n) is 2.33. The van der Waals surface area contributed by atoms with Crippen LogP contribution in [0.4, 0.5) is 0 Å². The number of nitrogens with two attached hydrogens (primary N) is 1. The minimum atomic E-state index is -0.0182. The summed E-state index contributed by atoms with van der Waals surface area (Å²) in [5, 5.41) is 0.572. The Morgan fingerprint density at radius 1 is 1.77 bits per heavy atom. The molecule has 0 saturated carbocycles. The molecule has 1 heterocycles. The molecule has 4 heteroatoms. The van der Waals surface area contributed by atoms with E-state index in [1.54, 1.807) is 0 Å². The molecular formula is C9H18N2OS. The minimum Gasteiger partial charge on any atom is -0.341 e. The van der Waals surface area contributed by atoms with Crippen LogP contribution in [0.25, 0.3) is 0 Å². The lowest BCUT2D eigenvalue weighted by Gasteiger charge is -2.32. The molecule has 1 fully saturated rings. The maximum absolute atomic E-state index is 11.7. The molecule has 13 heavy (non-hydrogen) atoms. The summed E-state index contributed by atoms with van der Waals surface area (Å²) in [6, 6.07) is 0. The zero-order chi connectivity index (χ0) is 9.84. The van der Waals surface area contributed by atoms with E-state index in [4.69, 9.17) is 5.73 Å². The molecule has 0 bridgehead atoms. The number of rotatable bonds is 2. The summed E-state index contributed by atoms with van der Waals surface area (Å²) in [6.45, 7) is 6.29. The molecule has 0 aromatic heterocycles. The number of amides is 1. The molecule has 0 aromatic rings. The van der Waals surface area contributed by atoms with E-state index in [1.165, 1.54) is 0 Å². The van der Waals surface area contributed by atoms with Crippen LogP contribution >= 0.6 is 11.8 Å². The van der Waals surface area contributed by atoms with Gasteiger partial charge < -0.3 is 10.6 Å². The van der Waals surface area contributed by atoms with E-state index in [1.807, 2.05) is 23.6 Å². The Balaban J connectivity index is 2.46. The van der Waals surface area contributed by atoms with Crippen molar-refractivity contribution in [2.24, 2.45) is 11.7 Å². The molecule has 0 spiro atoms. The highest BCUT2D eigenvalue weighted by Crippen LogP contribution is 2.18. The van der Waals surface area contributed by atoms with Crippen LogP contribution in [0.2, 0.25) is 0 Å². The Bertz CT molecular complexity index is 186. The predicted octanol–water partition coefficient (Wildman–Crippen LogP) is 0.545. The second-order valence-electron chi connectivity index (χ2n) is 3.60. The van der Waals surface area contributed by atoms with Crippen LogP contribution in [0, 0.1) is 5.92 Å². The summed E-state index contributed by atoms with van der Waals surface area (Å²) in [4.78, 5) is 13.7. The number of hydrogen-bond donors (Lipinski definition) is 1. The Hall–Kier alpha value is -0.220. The standard InChI is InChI=1S/C9H18N2OS/c1-7(5-10)9(12)11-3-4-13-8(2)6-11/h7-8H,3-6,10H2,1-2H3. The van der Waals surface area contributed by atoms with Gasteiger partial charge in [0.05, 0.1) is 0 Å². The zero-order valence-corrected chi connectivity index (χ0v) is 9.14. The Labute approximate surface area is 84.0 Å². The molecule has 1 aliphatic heterocycles. The second kappa shape index (κ2) is 4.86. The van der Waals surface area contributed by atoms with Crippen LogP contribution in [0.1, 0.15) is 13.8 Å². The van der Waals surface area contributed by atoms with Crippen LogP contribution < -0.4 is 5.73 Å². The molecule has 1 saturated heterocycles. The fourth-order valence-electron chi connectivity index (χ4n) is 1.43.